The van der Waals surface area contributed by atoms with E-state index in [4.69, 9.17) is 5.73 Å². The molecule has 1 heterocycles. The van der Waals surface area contributed by atoms with Crippen LogP contribution in [0, 0.1) is 0 Å². The van der Waals surface area contributed by atoms with Crippen molar-refractivity contribution in [3.63, 3.8) is 0 Å². The van der Waals surface area contributed by atoms with E-state index < -0.39 is 15.3 Å². The number of nitrogens with two attached hydrogens (primary N) is 1. The summed E-state index contributed by atoms with van der Waals surface area (Å²) in [7, 11) is -3.20. The lowest BCUT2D eigenvalue weighted by Gasteiger charge is -2.22. The minimum Gasteiger partial charge on any atom is -0.329 e. The molecule has 0 spiro atoms. The van der Waals surface area contributed by atoms with Crippen molar-refractivity contribution in [3.8, 4) is 0 Å². The molecule has 0 saturated carbocycles. The van der Waals surface area contributed by atoms with Crippen LogP contribution in [0.3, 0.4) is 0 Å². The monoisotopic (exact) mass is 252 g/mol. The molecule has 0 aromatic heterocycles. The molecule has 1 aliphatic rings. The molecule has 15 heavy (non-hydrogen) atoms. The van der Waals surface area contributed by atoms with Crippen LogP contribution in [0.4, 0.5) is 0 Å². The maximum atomic E-state index is 11.6. The summed E-state index contributed by atoms with van der Waals surface area (Å²) in [4.78, 5) is 0. The molecular weight excluding hydrogens is 232 g/mol. The van der Waals surface area contributed by atoms with Crippen molar-refractivity contribution in [3.05, 3.63) is 0 Å². The molecule has 0 bridgehead atoms. The van der Waals surface area contributed by atoms with Gasteiger partial charge >= 0.3 is 0 Å². The van der Waals surface area contributed by atoms with Crippen molar-refractivity contribution in [1.82, 2.24) is 4.72 Å². The number of thioether (sulfide) groups is 1. The minimum absolute atomic E-state index is 0.174. The fourth-order valence-electron chi connectivity index (χ4n) is 1.45. The summed E-state index contributed by atoms with van der Waals surface area (Å²) in [5, 5.41) is -0.0513. The third-order valence-electron chi connectivity index (χ3n) is 2.65. The summed E-state index contributed by atoms with van der Waals surface area (Å²) in [5.74, 6) is 1.15. The van der Waals surface area contributed by atoms with Crippen LogP contribution in [0.5, 0.6) is 0 Å². The lowest BCUT2D eigenvalue weighted by Crippen LogP contribution is -2.40. The third-order valence-corrected chi connectivity index (χ3v) is 5.87. The maximum Gasteiger partial charge on any atom is 0.215 e. The lowest BCUT2D eigenvalue weighted by molar-refractivity contribution is 0.562. The van der Waals surface area contributed by atoms with Crippen molar-refractivity contribution in [2.45, 2.75) is 36.7 Å². The average Bonchev–Trinajstić information content (AvgIpc) is 2.27. The highest BCUT2D eigenvalue weighted by Crippen LogP contribution is 2.24. The predicted molar refractivity (Wildman–Crippen MR) is 65.5 cm³/mol. The van der Waals surface area contributed by atoms with Gasteiger partial charge in [0.15, 0.2) is 0 Å². The Labute approximate surface area is 96.4 Å². The van der Waals surface area contributed by atoms with Crippen LogP contribution in [0.2, 0.25) is 0 Å². The van der Waals surface area contributed by atoms with Crippen LogP contribution >= 0.6 is 11.8 Å². The van der Waals surface area contributed by atoms with E-state index in [9.17, 15) is 8.42 Å². The molecule has 0 aliphatic carbocycles. The molecule has 1 fully saturated rings. The molecular formula is C9H20N2O2S2. The number of hydrogen-bond acceptors (Lipinski definition) is 4. The Hall–Kier alpha value is 0.220. The molecule has 0 radical (unpaired) electrons. The lowest BCUT2D eigenvalue weighted by atomic mass is 10.2. The molecule has 3 N–H and O–H groups in total. The standard InChI is InChI=1S/C9H20N2O2S2/c1-8(6-10)15(12,13)11-7-9-4-2-3-5-14-9/h8-9,11H,2-7,10H2,1H3. The molecule has 90 valence electrons. The van der Waals surface area contributed by atoms with Crippen molar-refractivity contribution in [2.24, 2.45) is 5.73 Å². The third kappa shape index (κ3) is 4.30. The molecule has 1 saturated heterocycles. The van der Waals surface area contributed by atoms with Crippen LogP contribution in [0.25, 0.3) is 0 Å². The van der Waals surface area contributed by atoms with Gasteiger partial charge in [-0.05, 0) is 25.5 Å². The topological polar surface area (TPSA) is 72.2 Å². The highest BCUT2D eigenvalue weighted by atomic mass is 32.2. The predicted octanol–water partition coefficient (Wildman–Crippen LogP) is 0.539. The van der Waals surface area contributed by atoms with Crippen LogP contribution < -0.4 is 10.5 Å². The van der Waals surface area contributed by atoms with Crippen LogP contribution in [0.1, 0.15) is 26.2 Å². The quantitative estimate of drug-likeness (QED) is 0.749. The molecule has 2 unspecified atom stereocenters. The Morgan fingerprint density at radius 1 is 1.53 bits per heavy atom. The Kier molecular flexibility index (Phi) is 5.38. The van der Waals surface area contributed by atoms with E-state index >= 15 is 0 Å². The molecule has 0 aromatic carbocycles. The van der Waals surface area contributed by atoms with Gasteiger partial charge in [0.25, 0.3) is 0 Å². The number of rotatable bonds is 5. The fourth-order valence-corrected chi connectivity index (χ4v) is 3.76. The second-order valence-electron chi connectivity index (χ2n) is 3.93. The van der Waals surface area contributed by atoms with E-state index in [-0.39, 0.29) is 6.54 Å². The molecule has 4 nitrogen and oxygen atoms in total. The second kappa shape index (κ2) is 6.08. The summed E-state index contributed by atoms with van der Waals surface area (Å²) in [5.41, 5.74) is 5.34. The average molecular weight is 252 g/mol. The molecule has 1 aliphatic heterocycles. The van der Waals surface area contributed by atoms with Crippen molar-refractivity contribution in [2.75, 3.05) is 18.8 Å². The summed E-state index contributed by atoms with van der Waals surface area (Å²) in [6.45, 7) is 2.36. The van der Waals surface area contributed by atoms with Gasteiger partial charge in [-0.2, -0.15) is 11.8 Å². The summed E-state index contributed by atoms with van der Waals surface area (Å²) < 4.78 is 25.9. The van der Waals surface area contributed by atoms with E-state index in [0.717, 1.165) is 12.2 Å². The first kappa shape index (κ1) is 13.3. The Balaban J connectivity index is 2.35. The highest BCUT2D eigenvalue weighted by Gasteiger charge is 2.21. The fraction of sp³-hybridized carbons (Fsp3) is 1.00. The van der Waals surface area contributed by atoms with E-state index in [1.54, 1.807) is 6.92 Å². The first-order valence-electron chi connectivity index (χ1n) is 5.36. The van der Waals surface area contributed by atoms with Gasteiger partial charge in [0.05, 0.1) is 5.25 Å². The van der Waals surface area contributed by atoms with Crippen molar-refractivity contribution in [1.29, 1.82) is 0 Å². The zero-order chi connectivity index (χ0) is 11.3. The summed E-state index contributed by atoms with van der Waals surface area (Å²) in [6.07, 6.45) is 3.59. The van der Waals surface area contributed by atoms with Gasteiger partial charge in [-0.25, -0.2) is 13.1 Å². The Morgan fingerprint density at radius 2 is 2.27 bits per heavy atom. The maximum absolute atomic E-state index is 11.6. The highest BCUT2D eigenvalue weighted by molar-refractivity contribution is 8.00. The van der Waals surface area contributed by atoms with Gasteiger partial charge in [-0.1, -0.05) is 6.42 Å². The summed E-state index contributed by atoms with van der Waals surface area (Å²) in [6, 6.07) is 0. The molecule has 2 atom stereocenters. The number of sulfonamides is 1. The minimum atomic E-state index is -3.20. The van der Waals surface area contributed by atoms with Gasteiger partial charge in [-0.15, -0.1) is 0 Å². The smallest absolute Gasteiger partial charge is 0.215 e. The SMILES string of the molecule is CC(CN)S(=O)(=O)NCC1CCCCS1. The van der Waals surface area contributed by atoms with Gasteiger partial charge in [0.1, 0.15) is 0 Å². The molecule has 0 amide bonds. The molecule has 1 rings (SSSR count). The van der Waals surface area contributed by atoms with Crippen molar-refractivity contribution >= 4 is 21.8 Å². The molecule has 6 heteroatoms. The van der Waals surface area contributed by atoms with E-state index in [2.05, 4.69) is 4.72 Å². The summed E-state index contributed by atoms with van der Waals surface area (Å²) >= 11 is 1.87. The first-order chi connectivity index (χ1) is 7.06. The van der Waals surface area contributed by atoms with Gasteiger partial charge in [-0.3, -0.25) is 0 Å². The van der Waals surface area contributed by atoms with Gasteiger partial charge in [0, 0.05) is 18.3 Å². The Morgan fingerprint density at radius 3 is 2.80 bits per heavy atom. The Bertz CT molecular complexity index is 274. The largest absolute Gasteiger partial charge is 0.329 e. The first-order valence-corrected chi connectivity index (χ1v) is 7.96. The molecule has 0 aromatic rings. The number of nitrogens with one attached hydrogen (secondary N) is 1. The second-order valence-corrected chi connectivity index (χ2v) is 7.52. The normalized spacial score (nSPS) is 25.1. The van der Waals surface area contributed by atoms with Crippen LogP contribution in [0.15, 0.2) is 0 Å². The van der Waals surface area contributed by atoms with Gasteiger partial charge < -0.3 is 5.73 Å². The van der Waals surface area contributed by atoms with Crippen LogP contribution in [-0.4, -0.2) is 37.8 Å². The zero-order valence-corrected chi connectivity index (χ0v) is 10.7. The van der Waals surface area contributed by atoms with Gasteiger partial charge in [0.2, 0.25) is 10.0 Å². The van der Waals surface area contributed by atoms with Crippen LogP contribution in [-0.2, 0) is 10.0 Å². The van der Waals surface area contributed by atoms with E-state index in [1.807, 2.05) is 11.8 Å². The van der Waals surface area contributed by atoms with Crippen molar-refractivity contribution < 1.29 is 8.42 Å². The number of hydrogen-bond donors (Lipinski definition) is 2. The zero-order valence-electron chi connectivity index (χ0n) is 9.11. The van der Waals surface area contributed by atoms with E-state index in [0.29, 0.717) is 11.8 Å². The van der Waals surface area contributed by atoms with E-state index in [1.165, 1.54) is 12.8 Å².